The number of aromatic amines is 1. The van der Waals surface area contributed by atoms with Gasteiger partial charge in [0.05, 0.1) is 0 Å². The second-order valence-corrected chi connectivity index (χ2v) is 5.88. The molecule has 3 nitrogen and oxygen atoms in total. The van der Waals surface area contributed by atoms with Crippen LogP contribution in [0.4, 0.5) is 0 Å². The van der Waals surface area contributed by atoms with Crippen molar-refractivity contribution in [3.05, 3.63) is 35.0 Å². The predicted octanol–water partition coefficient (Wildman–Crippen LogP) is 4.72. The van der Waals surface area contributed by atoms with Crippen LogP contribution >= 0.6 is 11.6 Å². The molecule has 0 radical (unpaired) electrons. The average molecular weight is 307 g/mol. The van der Waals surface area contributed by atoms with Gasteiger partial charge in [-0.2, -0.15) is 0 Å². The molecule has 0 aliphatic carbocycles. The number of halogens is 1. The highest BCUT2D eigenvalue weighted by Crippen LogP contribution is 2.21. The Labute approximate surface area is 131 Å². The van der Waals surface area contributed by atoms with E-state index in [1.807, 2.05) is 36.1 Å². The number of fused-ring (bicyclic) bond motifs is 1. The monoisotopic (exact) mass is 306 g/mol. The number of benzene rings is 1. The molecular weight excluding hydrogens is 284 g/mol. The summed E-state index contributed by atoms with van der Waals surface area (Å²) < 4.78 is 0. The molecule has 1 N–H and O–H groups in total. The molecule has 0 saturated carbocycles. The lowest BCUT2D eigenvalue weighted by Gasteiger charge is -2.25. The number of amides is 1. The molecule has 0 unspecified atom stereocenters. The molecule has 0 atom stereocenters. The first-order valence-corrected chi connectivity index (χ1v) is 8.04. The van der Waals surface area contributed by atoms with Gasteiger partial charge in [0.1, 0.15) is 5.69 Å². The van der Waals surface area contributed by atoms with Crippen LogP contribution < -0.4 is 0 Å². The van der Waals surface area contributed by atoms with Gasteiger partial charge in [0.15, 0.2) is 0 Å². The molecule has 0 saturated heterocycles. The quantitative estimate of drug-likeness (QED) is 0.823. The molecule has 0 aliphatic heterocycles. The first kappa shape index (κ1) is 15.9. The van der Waals surface area contributed by atoms with Crippen molar-refractivity contribution in [2.45, 2.75) is 33.6 Å². The lowest BCUT2D eigenvalue weighted by Crippen LogP contribution is -2.35. The molecule has 1 aromatic carbocycles. The van der Waals surface area contributed by atoms with E-state index < -0.39 is 0 Å². The standard InChI is InChI=1S/C17H23ClN2O/c1-4-12(5-2)11-20(6-3)17(21)16-10-13-9-14(18)7-8-15(13)19-16/h7-10,12,19H,4-6,11H2,1-3H3. The highest BCUT2D eigenvalue weighted by molar-refractivity contribution is 6.31. The van der Waals surface area contributed by atoms with Gasteiger partial charge in [-0.1, -0.05) is 38.3 Å². The fourth-order valence-electron chi connectivity index (χ4n) is 2.60. The van der Waals surface area contributed by atoms with Crippen molar-refractivity contribution in [1.29, 1.82) is 0 Å². The largest absolute Gasteiger partial charge is 0.351 e. The van der Waals surface area contributed by atoms with Crippen molar-refractivity contribution in [2.75, 3.05) is 13.1 Å². The van der Waals surface area contributed by atoms with Gasteiger partial charge < -0.3 is 9.88 Å². The molecule has 4 heteroatoms. The van der Waals surface area contributed by atoms with Gasteiger partial charge >= 0.3 is 0 Å². The lowest BCUT2D eigenvalue weighted by atomic mass is 10.0. The average Bonchev–Trinajstić information content (AvgIpc) is 2.91. The summed E-state index contributed by atoms with van der Waals surface area (Å²) in [5.41, 5.74) is 1.58. The summed E-state index contributed by atoms with van der Waals surface area (Å²) >= 11 is 5.99. The van der Waals surface area contributed by atoms with E-state index in [1.165, 1.54) is 0 Å². The summed E-state index contributed by atoms with van der Waals surface area (Å²) in [7, 11) is 0. The number of carbonyl (C=O) groups is 1. The Hall–Kier alpha value is -1.48. The van der Waals surface area contributed by atoms with E-state index in [-0.39, 0.29) is 5.91 Å². The number of aromatic nitrogens is 1. The summed E-state index contributed by atoms with van der Waals surface area (Å²) in [6.45, 7) is 7.93. The number of hydrogen-bond donors (Lipinski definition) is 1. The maximum atomic E-state index is 12.7. The van der Waals surface area contributed by atoms with E-state index in [2.05, 4.69) is 18.8 Å². The highest BCUT2D eigenvalue weighted by Gasteiger charge is 2.19. The molecular formula is C17H23ClN2O. The Morgan fingerprint density at radius 1 is 1.24 bits per heavy atom. The highest BCUT2D eigenvalue weighted by atomic mass is 35.5. The minimum absolute atomic E-state index is 0.0664. The van der Waals surface area contributed by atoms with Gasteiger partial charge in [-0.15, -0.1) is 0 Å². The zero-order chi connectivity index (χ0) is 15.4. The Bertz CT molecular complexity index is 616. The summed E-state index contributed by atoms with van der Waals surface area (Å²) in [5, 5.41) is 1.66. The third-order valence-electron chi connectivity index (χ3n) is 4.12. The molecule has 2 rings (SSSR count). The normalized spacial score (nSPS) is 11.3. The van der Waals surface area contributed by atoms with Crippen LogP contribution in [-0.4, -0.2) is 28.9 Å². The second-order valence-electron chi connectivity index (χ2n) is 5.44. The smallest absolute Gasteiger partial charge is 0.270 e. The van der Waals surface area contributed by atoms with Gasteiger partial charge in [-0.05, 0) is 37.1 Å². The molecule has 21 heavy (non-hydrogen) atoms. The van der Waals surface area contributed by atoms with Gasteiger partial charge in [-0.3, -0.25) is 4.79 Å². The minimum Gasteiger partial charge on any atom is -0.351 e. The summed E-state index contributed by atoms with van der Waals surface area (Å²) in [6, 6.07) is 7.50. The van der Waals surface area contributed by atoms with Crippen LogP contribution in [-0.2, 0) is 0 Å². The zero-order valence-corrected chi connectivity index (χ0v) is 13.7. The zero-order valence-electron chi connectivity index (χ0n) is 12.9. The maximum Gasteiger partial charge on any atom is 0.270 e. The van der Waals surface area contributed by atoms with Crippen LogP contribution in [0.1, 0.15) is 44.1 Å². The predicted molar refractivity (Wildman–Crippen MR) is 89.0 cm³/mol. The van der Waals surface area contributed by atoms with Crippen molar-refractivity contribution in [3.63, 3.8) is 0 Å². The summed E-state index contributed by atoms with van der Waals surface area (Å²) in [5.74, 6) is 0.629. The van der Waals surface area contributed by atoms with E-state index in [0.29, 0.717) is 16.6 Å². The van der Waals surface area contributed by atoms with Gasteiger partial charge in [0.25, 0.3) is 5.91 Å². The fourth-order valence-corrected chi connectivity index (χ4v) is 2.78. The van der Waals surface area contributed by atoms with Crippen LogP contribution in [0, 0.1) is 5.92 Å². The van der Waals surface area contributed by atoms with Crippen LogP contribution in [0.2, 0.25) is 5.02 Å². The molecule has 0 fully saturated rings. The summed E-state index contributed by atoms with van der Waals surface area (Å²) in [4.78, 5) is 17.8. The number of rotatable bonds is 6. The molecule has 2 aromatic rings. The van der Waals surface area contributed by atoms with E-state index in [9.17, 15) is 4.79 Å². The van der Waals surface area contributed by atoms with Crippen LogP contribution in [0.25, 0.3) is 10.9 Å². The Kier molecular flexibility index (Phi) is 5.29. The number of nitrogens with one attached hydrogen (secondary N) is 1. The SMILES string of the molecule is CCC(CC)CN(CC)C(=O)c1cc2cc(Cl)ccc2[nH]1. The third kappa shape index (κ3) is 3.59. The van der Waals surface area contributed by atoms with Crippen molar-refractivity contribution in [1.82, 2.24) is 9.88 Å². The maximum absolute atomic E-state index is 12.7. The Morgan fingerprint density at radius 2 is 1.95 bits per heavy atom. The summed E-state index contributed by atoms with van der Waals surface area (Å²) in [6.07, 6.45) is 2.20. The molecule has 1 amide bonds. The Balaban J connectivity index is 2.22. The molecule has 1 heterocycles. The van der Waals surface area contributed by atoms with Gasteiger partial charge in [0, 0.05) is 29.0 Å². The van der Waals surface area contributed by atoms with E-state index >= 15 is 0 Å². The van der Waals surface area contributed by atoms with E-state index in [0.717, 1.165) is 36.8 Å². The van der Waals surface area contributed by atoms with Crippen LogP contribution in [0.5, 0.6) is 0 Å². The number of hydrogen-bond acceptors (Lipinski definition) is 1. The minimum atomic E-state index is 0.0664. The first-order chi connectivity index (χ1) is 10.1. The van der Waals surface area contributed by atoms with E-state index in [1.54, 1.807) is 0 Å². The van der Waals surface area contributed by atoms with Crippen molar-refractivity contribution in [2.24, 2.45) is 5.92 Å². The Morgan fingerprint density at radius 3 is 2.57 bits per heavy atom. The van der Waals surface area contributed by atoms with Crippen LogP contribution in [0.15, 0.2) is 24.3 Å². The number of H-pyrrole nitrogens is 1. The van der Waals surface area contributed by atoms with Crippen molar-refractivity contribution < 1.29 is 4.79 Å². The second kappa shape index (κ2) is 6.99. The van der Waals surface area contributed by atoms with Crippen LogP contribution in [0.3, 0.4) is 0 Å². The third-order valence-corrected chi connectivity index (χ3v) is 4.35. The molecule has 0 spiro atoms. The fraction of sp³-hybridized carbons (Fsp3) is 0.471. The van der Waals surface area contributed by atoms with Gasteiger partial charge in [0.2, 0.25) is 0 Å². The molecule has 0 bridgehead atoms. The van der Waals surface area contributed by atoms with Crippen molar-refractivity contribution >= 4 is 28.4 Å². The van der Waals surface area contributed by atoms with E-state index in [4.69, 9.17) is 11.6 Å². The molecule has 114 valence electrons. The number of carbonyl (C=O) groups excluding carboxylic acids is 1. The topological polar surface area (TPSA) is 36.1 Å². The molecule has 0 aliphatic rings. The lowest BCUT2D eigenvalue weighted by molar-refractivity contribution is 0.0730. The first-order valence-electron chi connectivity index (χ1n) is 7.66. The molecule has 1 aromatic heterocycles. The number of nitrogens with zero attached hydrogens (tertiary/aromatic N) is 1. The van der Waals surface area contributed by atoms with Gasteiger partial charge in [-0.25, -0.2) is 0 Å². The van der Waals surface area contributed by atoms with Crippen molar-refractivity contribution in [3.8, 4) is 0 Å².